The minimum atomic E-state index is -0.493. The number of amides is 2. The van der Waals surface area contributed by atoms with Crippen molar-refractivity contribution in [2.45, 2.75) is 31.2 Å². The number of hydrogen-bond donors (Lipinski definition) is 1. The zero-order chi connectivity index (χ0) is 20.9. The lowest BCUT2D eigenvalue weighted by Crippen LogP contribution is -2.53. The molecule has 2 fully saturated rings. The topological polar surface area (TPSA) is 77.1 Å². The summed E-state index contributed by atoms with van der Waals surface area (Å²) in [6.45, 7) is 2.72. The maximum Gasteiger partial charge on any atom is 0.257 e. The molecule has 29 heavy (non-hydrogen) atoms. The van der Waals surface area contributed by atoms with Gasteiger partial charge in [-0.3, -0.25) is 9.59 Å². The fourth-order valence-corrected chi connectivity index (χ4v) is 4.22. The SMILES string of the molecule is COCCC1(NC(=O)C2CCOCC2)CCN(C(=O)c2cc(Cl)ccc2OC)C1. The minimum Gasteiger partial charge on any atom is -0.496 e. The van der Waals surface area contributed by atoms with Crippen LogP contribution in [-0.2, 0) is 14.3 Å². The average molecular weight is 425 g/mol. The van der Waals surface area contributed by atoms with Gasteiger partial charge in [0.05, 0.1) is 18.2 Å². The Morgan fingerprint density at radius 2 is 2.07 bits per heavy atom. The molecule has 1 atom stereocenters. The third-order valence-corrected chi connectivity index (χ3v) is 6.03. The smallest absolute Gasteiger partial charge is 0.257 e. The highest BCUT2D eigenvalue weighted by Crippen LogP contribution is 2.31. The summed E-state index contributed by atoms with van der Waals surface area (Å²) in [5.74, 6) is 0.337. The molecule has 3 rings (SSSR count). The van der Waals surface area contributed by atoms with Crippen molar-refractivity contribution in [2.24, 2.45) is 5.92 Å². The number of hydrogen-bond acceptors (Lipinski definition) is 5. The van der Waals surface area contributed by atoms with Crippen LogP contribution >= 0.6 is 11.6 Å². The van der Waals surface area contributed by atoms with E-state index in [1.165, 1.54) is 7.11 Å². The van der Waals surface area contributed by atoms with Crippen molar-refractivity contribution in [3.05, 3.63) is 28.8 Å². The first kappa shape index (κ1) is 21.9. The number of nitrogens with one attached hydrogen (secondary N) is 1. The Morgan fingerprint density at radius 1 is 1.31 bits per heavy atom. The molecule has 1 aromatic rings. The number of rotatable bonds is 7. The van der Waals surface area contributed by atoms with Crippen molar-refractivity contribution in [1.82, 2.24) is 10.2 Å². The zero-order valence-corrected chi connectivity index (χ0v) is 17.8. The Kier molecular flexibility index (Phi) is 7.38. The minimum absolute atomic E-state index is 0.0408. The standard InChI is InChI=1S/C21H29ClN2O5/c1-27-12-8-21(23-19(25)15-5-10-29-11-6-15)7-9-24(14-21)20(26)17-13-16(22)3-4-18(17)28-2/h3-4,13,15H,5-12,14H2,1-2H3,(H,23,25). The van der Waals surface area contributed by atoms with Crippen LogP contribution in [0.1, 0.15) is 36.0 Å². The molecule has 8 heteroatoms. The van der Waals surface area contributed by atoms with Gasteiger partial charge in [0, 0.05) is 51.0 Å². The second-order valence-corrected chi connectivity index (χ2v) is 8.16. The van der Waals surface area contributed by atoms with Crippen molar-refractivity contribution in [3.63, 3.8) is 0 Å². The van der Waals surface area contributed by atoms with E-state index >= 15 is 0 Å². The van der Waals surface area contributed by atoms with Gasteiger partial charge in [-0.1, -0.05) is 11.6 Å². The van der Waals surface area contributed by atoms with E-state index in [2.05, 4.69) is 5.32 Å². The molecule has 2 aliphatic heterocycles. The summed E-state index contributed by atoms with van der Waals surface area (Å²) in [4.78, 5) is 27.8. The second kappa shape index (κ2) is 9.78. The van der Waals surface area contributed by atoms with Gasteiger partial charge in [-0.2, -0.15) is 0 Å². The molecule has 0 bridgehead atoms. The van der Waals surface area contributed by atoms with Gasteiger partial charge in [0.15, 0.2) is 0 Å². The first-order valence-electron chi connectivity index (χ1n) is 9.99. The quantitative estimate of drug-likeness (QED) is 0.727. The highest BCUT2D eigenvalue weighted by atomic mass is 35.5. The summed E-state index contributed by atoms with van der Waals surface area (Å²) in [6, 6.07) is 5.01. The van der Waals surface area contributed by atoms with Crippen LogP contribution in [0.3, 0.4) is 0 Å². The third kappa shape index (κ3) is 5.21. The molecule has 1 unspecified atom stereocenters. The number of likely N-dealkylation sites (tertiary alicyclic amines) is 1. The monoisotopic (exact) mass is 424 g/mol. The molecule has 2 amide bonds. The van der Waals surface area contributed by atoms with Gasteiger partial charge in [-0.25, -0.2) is 0 Å². The lowest BCUT2D eigenvalue weighted by molar-refractivity contribution is -0.130. The molecular weight excluding hydrogens is 396 g/mol. The van der Waals surface area contributed by atoms with Crippen molar-refractivity contribution in [3.8, 4) is 5.75 Å². The highest BCUT2D eigenvalue weighted by Gasteiger charge is 2.42. The Labute approximate surface area is 176 Å². The Balaban J connectivity index is 1.74. The van der Waals surface area contributed by atoms with Gasteiger partial charge >= 0.3 is 0 Å². The number of halogens is 1. The van der Waals surface area contributed by atoms with Crippen LogP contribution in [0.25, 0.3) is 0 Å². The van der Waals surface area contributed by atoms with E-state index in [1.807, 2.05) is 0 Å². The van der Waals surface area contributed by atoms with Gasteiger partial charge in [0.2, 0.25) is 5.91 Å². The number of nitrogens with zero attached hydrogens (tertiary/aromatic N) is 1. The van der Waals surface area contributed by atoms with Crippen LogP contribution in [0, 0.1) is 5.92 Å². The van der Waals surface area contributed by atoms with Gasteiger partial charge in [0.1, 0.15) is 5.75 Å². The molecule has 0 saturated carbocycles. The second-order valence-electron chi connectivity index (χ2n) is 7.72. The Hall–Kier alpha value is -1.83. The fourth-order valence-electron chi connectivity index (χ4n) is 4.05. The first-order valence-corrected chi connectivity index (χ1v) is 10.4. The number of carbonyl (C=O) groups excluding carboxylic acids is 2. The summed E-state index contributed by atoms with van der Waals surface area (Å²) in [5.41, 5.74) is -0.0642. The Bertz CT molecular complexity index is 738. The van der Waals surface area contributed by atoms with E-state index in [4.69, 9.17) is 25.8 Å². The van der Waals surface area contributed by atoms with Crippen molar-refractivity contribution in [1.29, 1.82) is 0 Å². The van der Waals surface area contributed by atoms with Crippen LogP contribution in [0.15, 0.2) is 18.2 Å². The fraction of sp³-hybridized carbons (Fsp3) is 0.619. The molecule has 7 nitrogen and oxygen atoms in total. The molecule has 1 aromatic carbocycles. The van der Waals surface area contributed by atoms with Gasteiger partial charge in [0.25, 0.3) is 5.91 Å². The summed E-state index contributed by atoms with van der Waals surface area (Å²) in [6.07, 6.45) is 2.79. The lowest BCUT2D eigenvalue weighted by Gasteiger charge is -2.33. The van der Waals surface area contributed by atoms with E-state index in [-0.39, 0.29) is 17.7 Å². The van der Waals surface area contributed by atoms with Gasteiger partial charge < -0.3 is 24.4 Å². The molecule has 160 valence electrons. The normalized spacial score (nSPS) is 22.5. The first-order chi connectivity index (χ1) is 14.0. The van der Waals surface area contributed by atoms with E-state index in [0.717, 1.165) is 12.8 Å². The molecule has 0 radical (unpaired) electrons. The van der Waals surface area contributed by atoms with E-state index in [1.54, 1.807) is 30.2 Å². The van der Waals surface area contributed by atoms with Crippen LogP contribution in [0.4, 0.5) is 0 Å². The number of ether oxygens (including phenoxy) is 3. The number of carbonyl (C=O) groups is 2. The molecule has 2 aliphatic rings. The highest BCUT2D eigenvalue weighted by molar-refractivity contribution is 6.31. The number of benzene rings is 1. The van der Waals surface area contributed by atoms with Gasteiger partial charge in [-0.15, -0.1) is 0 Å². The summed E-state index contributed by atoms with van der Waals surface area (Å²) >= 11 is 6.09. The van der Waals surface area contributed by atoms with Crippen LogP contribution in [0.2, 0.25) is 5.02 Å². The predicted molar refractivity (Wildman–Crippen MR) is 109 cm³/mol. The maximum absolute atomic E-state index is 13.2. The third-order valence-electron chi connectivity index (χ3n) is 5.80. The predicted octanol–water partition coefficient (Wildman–Crippen LogP) is 2.51. The van der Waals surface area contributed by atoms with E-state index in [9.17, 15) is 9.59 Å². The molecule has 0 spiro atoms. The molecule has 2 saturated heterocycles. The average Bonchev–Trinajstić information content (AvgIpc) is 3.16. The summed E-state index contributed by atoms with van der Waals surface area (Å²) < 4.78 is 16.0. The molecule has 0 aliphatic carbocycles. The van der Waals surface area contributed by atoms with E-state index in [0.29, 0.717) is 62.1 Å². The van der Waals surface area contributed by atoms with Crippen LogP contribution in [0.5, 0.6) is 5.75 Å². The van der Waals surface area contributed by atoms with E-state index < -0.39 is 5.54 Å². The molecule has 0 aromatic heterocycles. The van der Waals surface area contributed by atoms with Crippen molar-refractivity contribution in [2.75, 3.05) is 47.1 Å². The molecular formula is C21H29ClN2O5. The lowest BCUT2D eigenvalue weighted by atomic mass is 9.91. The van der Waals surface area contributed by atoms with Crippen LogP contribution < -0.4 is 10.1 Å². The maximum atomic E-state index is 13.2. The molecule has 1 N–H and O–H groups in total. The van der Waals surface area contributed by atoms with Crippen molar-refractivity contribution < 1.29 is 23.8 Å². The Morgan fingerprint density at radius 3 is 2.76 bits per heavy atom. The van der Waals surface area contributed by atoms with Crippen molar-refractivity contribution >= 4 is 23.4 Å². The van der Waals surface area contributed by atoms with Crippen LogP contribution in [-0.4, -0.2) is 69.4 Å². The zero-order valence-electron chi connectivity index (χ0n) is 17.0. The largest absolute Gasteiger partial charge is 0.496 e. The summed E-state index contributed by atoms with van der Waals surface area (Å²) in [7, 11) is 3.17. The molecule has 2 heterocycles. The van der Waals surface area contributed by atoms with Gasteiger partial charge in [-0.05, 0) is 43.9 Å². The number of methoxy groups -OCH3 is 2. The summed E-state index contributed by atoms with van der Waals surface area (Å²) in [5, 5.41) is 3.73.